The zero-order valence-electron chi connectivity index (χ0n) is 10.6. The number of benzene rings is 1. The van der Waals surface area contributed by atoms with E-state index in [2.05, 4.69) is 63.9 Å². The normalized spacial score (nSPS) is 12.9. The second-order valence-corrected chi connectivity index (χ2v) is 4.58. The first-order valence-electron chi connectivity index (χ1n) is 5.88. The maximum absolute atomic E-state index is 2.39. The standard InChI is InChI=1S/C14H23N/c1-6-13-9-7-8-10-14(13)15(5)12(4)11(2)3/h7-12H,6H2,1-5H3. The van der Waals surface area contributed by atoms with Crippen LogP contribution in [0, 0.1) is 5.92 Å². The minimum Gasteiger partial charge on any atom is -0.371 e. The highest BCUT2D eigenvalue weighted by Gasteiger charge is 2.15. The van der Waals surface area contributed by atoms with Gasteiger partial charge in [0.15, 0.2) is 0 Å². The monoisotopic (exact) mass is 205 g/mol. The van der Waals surface area contributed by atoms with E-state index in [1.54, 1.807) is 0 Å². The Labute approximate surface area is 94.1 Å². The molecule has 0 saturated carbocycles. The van der Waals surface area contributed by atoms with Gasteiger partial charge in [-0.3, -0.25) is 0 Å². The fourth-order valence-electron chi connectivity index (χ4n) is 1.82. The van der Waals surface area contributed by atoms with E-state index in [1.165, 1.54) is 11.3 Å². The lowest BCUT2D eigenvalue weighted by Crippen LogP contribution is -2.33. The molecule has 1 unspecified atom stereocenters. The first-order chi connectivity index (χ1) is 7.07. The van der Waals surface area contributed by atoms with Gasteiger partial charge in [0, 0.05) is 18.8 Å². The highest BCUT2D eigenvalue weighted by atomic mass is 15.1. The molecule has 1 aromatic rings. The molecule has 0 bridgehead atoms. The Morgan fingerprint density at radius 3 is 2.27 bits per heavy atom. The number of hydrogen-bond acceptors (Lipinski definition) is 1. The maximum Gasteiger partial charge on any atom is 0.0398 e. The van der Waals surface area contributed by atoms with Crippen LogP contribution in [0.4, 0.5) is 5.69 Å². The van der Waals surface area contributed by atoms with Crippen molar-refractivity contribution < 1.29 is 0 Å². The van der Waals surface area contributed by atoms with Crippen molar-refractivity contribution in [1.29, 1.82) is 0 Å². The van der Waals surface area contributed by atoms with Gasteiger partial charge in [0.05, 0.1) is 0 Å². The van der Waals surface area contributed by atoms with Crippen molar-refractivity contribution in [2.24, 2.45) is 5.92 Å². The van der Waals surface area contributed by atoms with Crippen molar-refractivity contribution in [2.45, 2.75) is 40.2 Å². The van der Waals surface area contributed by atoms with E-state index in [4.69, 9.17) is 0 Å². The highest BCUT2D eigenvalue weighted by Crippen LogP contribution is 2.23. The van der Waals surface area contributed by atoms with E-state index >= 15 is 0 Å². The topological polar surface area (TPSA) is 3.24 Å². The largest absolute Gasteiger partial charge is 0.371 e. The summed E-state index contributed by atoms with van der Waals surface area (Å²) in [5.41, 5.74) is 2.81. The molecule has 0 saturated heterocycles. The van der Waals surface area contributed by atoms with Crippen molar-refractivity contribution in [1.82, 2.24) is 0 Å². The third-order valence-corrected chi connectivity index (χ3v) is 3.33. The van der Waals surface area contributed by atoms with Crippen LogP contribution in [-0.4, -0.2) is 13.1 Å². The Kier molecular flexibility index (Phi) is 4.19. The molecule has 1 atom stereocenters. The Balaban J connectivity index is 2.94. The molecule has 0 aliphatic carbocycles. The number of anilines is 1. The number of nitrogens with zero attached hydrogens (tertiary/aromatic N) is 1. The first-order valence-corrected chi connectivity index (χ1v) is 5.88. The van der Waals surface area contributed by atoms with Gasteiger partial charge in [-0.1, -0.05) is 39.0 Å². The molecule has 0 heterocycles. The molecule has 0 aliphatic heterocycles. The van der Waals surface area contributed by atoms with Crippen LogP contribution in [0.5, 0.6) is 0 Å². The average molecular weight is 205 g/mol. The van der Waals surface area contributed by atoms with Crippen LogP contribution in [0.1, 0.15) is 33.3 Å². The number of para-hydroxylation sites is 1. The quantitative estimate of drug-likeness (QED) is 0.724. The Morgan fingerprint density at radius 2 is 1.73 bits per heavy atom. The molecule has 0 aliphatic rings. The summed E-state index contributed by atoms with van der Waals surface area (Å²) in [6, 6.07) is 9.27. The van der Waals surface area contributed by atoms with Crippen LogP contribution in [0.2, 0.25) is 0 Å². The molecular weight excluding hydrogens is 182 g/mol. The summed E-state index contributed by atoms with van der Waals surface area (Å²) in [5, 5.41) is 0. The summed E-state index contributed by atoms with van der Waals surface area (Å²) in [6.45, 7) is 9.05. The molecule has 0 radical (unpaired) electrons. The molecule has 0 aromatic heterocycles. The Morgan fingerprint density at radius 1 is 1.13 bits per heavy atom. The van der Waals surface area contributed by atoms with Gasteiger partial charge in [-0.15, -0.1) is 0 Å². The smallest absolute Gasteiger partial charge is 0.0398 e. The summed E-state index contributed by atoms with van der Waals surface area (Å²) < 4.78 is 0. The Hall–Kier alpha value is -0.980. The minimum absolute atomic E-state index is 0.581. The second-order valence-electron chi connectivity index (χ2n) is 4.58. The van der Waals surface area contributed by atoms with Crippen LogP contribution >= 0.6 is 0 Å². The molecule has 84 valence electrons. The fraction of sp³-hybridized carbons (Fsp3) is 0.571. The van der Waals surface area contributed by atoms with Gasteiger partial charge < -0.3 is 4.90 Å². The van der Waals surface area contributed by atoms with Crippen molar-refractivity contribution in [3.05, 3.63) is 29.8 Å². The van der Waals surface area contributed by atoms with Crippen LogP contribution in [0.15, 0.2) is 24.3 Å². The lowest BCUT2D eigenvalue weighted by atomic mass is 10.0. The zero-order valence-corrected chi connectivity index (χ0v) is 10.6. The van der Waals surface area contributed by atoms with Gasteiger partial charge in [-0.05, 0) is 30.9 Å². The summed E-state index contributed by atoms with van der Waals surface area (Å²) in [5.74, 6) is 0.680. The Bertz CT molecular complexity index is 304. The molecule has 0 fully saturated rings. The van der Waals surface area contributed by atoms with Gasteiger partial charge in [0.25, 0.3) is 0 Å². The second kappa shape index (κ2) is 5.20. The summed E-state index contributed by atoms with van der Waals surface area (Å²) in [6.07, 6.45) is 1.10. The fourth-order valence-corrected chi connectivity index (χ4v) is 1.82. The third kappa shape index (κ3) is 2.74. The van der Waals surface area contributed by atoms with Gasteiger partial charge >= 0.3 is 0 Å². The van der Waals surface area contributed by atoms with Gasteiger partial charge in [-0.2, -0.15) is 0 Å². The van der Waals surface area contributed by atoms with E-state index < -0.39 is 0 Å². The van der Waals surface area contributed by atoms with Gasteiger partial charge in [0.2, 0.25) is 0 Å². The molecule has 0 spiro atoms. The van der Waals surface area contributed by atoms with E-state index in [9.17, 15) is 0 Å². The average Bonchev–Trinajstić information content (AvgIpc) is 2.26. The molecule has 0 N–H and O–H groups in total. The van der Waals surface area contributed by atoms with Crippen LogP contribution < -0.4 is 4.90 Å². The van der Waals surface area contributed by atoms with Crippen molar-refractivity contribution in [2.75, 3.05) is 11.9 Å². The molecule has 15 heavy (non-hydrogen) atoms. The summed E-state index contributed by atoms with van der Waals surface area (Å²) in [7, 11) is 2.19. The molecular formula is C14H23N. The van der Waals surface area contributed by atoms with E-state index in [0.29, 0.717) is 12.0 Å². The lowest BCUT2D eigenvalue weighted by molar-refractivity contribution is 0.505. The van der Waals surface area contributed by atoms with Crippen molar-refractivity contribution in [3.8, 4) is 0 Å². The van der Waals surface area contributed by atoms with Crippen molar-refractivity contribution >= 4 is 5.69 Å². The van der Waals surface area contributed by atoms with Crippen LogP contribution in [0.25, 0.3) is 0 Å². The number of hydrogen-bond donors (Lipinski definition) is 0. The maximum atomic E-state index is 2.39. The SMILES string of the molecule is CCc1ccccc1N(C)C(C)C(C)C. The van der Waals surface area contributed by atoms with Gasteiger partial charge in [-0.25, -0.2) is 0 Å². The molecule has 1 rings (SSSR count). The van der Waals surface area contributed by atoms with E-state index in [-0.39, 0.29) is 0 Å². The van der Waals surface area contributed by atoms with E-state index in [1.807, 2.05) is 0 Å². The molecule has 0 amide bonds. The minimum atomic E-state index is 0.581. The number of aryl methyl sites for hydroxylation is 1. The predicted octanol–water partition coefficient (Wildman–Crippen LogP) is 3.73. The van der Waals surface area contributed by atoms with Crippen molar-refractivity contribution in [3.63, 3.8) is 0 Å². The summed E-state index contributed by atoms with van der Waals surface area (Å²) >= 11 is 0. The molecule has 1 heteroatoms. The highest BCUT2D eigenvalue weighted by molar-refractivity contribution is 5.53. The molecule has 1 nitrogen and oxygen atoms in total. The third-order valence-electron chi connectivity index (χ3n) is 3.33. The van der Waals surface area contributed by atoms with Crippen LogP contribution in [-0.2, 0) is 6.42 Å². The lowest BCUT2D eigenvalue weighted by Gasteiger charge is -2.31. The van der Waals surface area contributed by atoms with E-state index in [0.717, 1.165) is 6.42 Å². The zero-order chi connectivity index (χ0) is 11.4. The predicted molar refractivity (Wildman–Crippen MR) is 68.5 cm³/mol. The molecule has 1 aromatic carbocycles. The number of rotatable bonds is 4. The van der Waals surface area contributed by atoms with Crippen LogP contribution in [0.3, 0.4) is 0 Å². The summed E-state index contributed by atoms with van der Waals surface area (Å²) in [4.78, 5) is 2.39. The first kappa shape index (κ1) is 12.1. The van der Waals surface area contributed by atoms with Gasteiger partial charge in [0.1, 0.15) is 0 Å².